The molecule has 0 radical (unpaired) electrons. The lowest BCUT2D eigenvalue weighted by Gasteiger charge is -2.23. The molecule has 0 aliphatic heterocycles. The summed E-state index contributed by atoms with van der Waals surface area (Å²) in [6.07, 6.45) is 6.65. The predicted molar refractivity (Wildman–Crippen MR) is 98.6 cm³/mol. The minimum absolute atomic E-state index is 0.210. The van der Waals surface area contributed by atoms with Gasteiger partial charge in [-0.1, -0.05) is 18.6 Å². The number of nitrogens with zero attached hydrogens (tertiary/aromatic N) is 1. The van der Waals surface area contributed by atoms with Crippen LogP contribution in [-0.2, 0) is 11.3 Å². The molecule has 24 heavy (non-hydrogen) atoms. The second-order valence-corrected chi connectivity index (χ2v) is 6.45. The van der Waals surface area contributed by atoms with Gasteiger partial charge in [0.1, 0.15) is 5.75 Å². The lowest BCUT2D eigenvalue weighted by Crippen LogP contribution is -2.43. The van der Waals surface area contributed by atoms with Gasteiger partial charge in [0.25, 0.3) is 0 Å². The number of aliphatic imine (C=N–C) groups is 1. The van der Waals surface area contributed by atoms with Crippen molar-refractivity contribution in [2.45, 2.75) is 57.7 Å². The van der Waals surface area contributed by atoms with Crippen molar-refractivity contribution in [1.29, 1.82) is 0 Å². The summed E-state index contributed by atoms with van der Waals surface area (Å²) in [5, 5.41) is 6.63. The van der Waals surface area contributed by atoms with Crippen LogP contribution >= 0.6 is 0 Å². The van der Waals surface area contributed by atoms with Gasteiger partial charge in [0, 0.05) is 26.7 Å². The Labute approximate surface area is 145 Å². The molecule has 1 atom stereocenters. The third kappa shape index (κ3) is 6.40. The van der Waals surface area contributed by atoms with Gasteiger partial charge in [-0.15, -0.1) is 0 Å². The highest BCUT2D eigenvalue weighted by Crippen LogP contribution is 2.23. The molecule has 5 nitrogen and oxygen atoms in total. The van der Waals surface area contributed by atoms with Crippen LogP contribution in [-0.4, -0.2) is 38.9 Å². The number of hydrogen-bond acceptors (Lipinski definition) is 3. The summed E-state index contributed by atoms with van der Waals surface area (Å²) in [5.74, 6) is 1.75. The minimum Gasteiger partial charge on any atom is -0.490 e. The van der Waals surface area contributed by atoms with E-state index in [0.717, 1.165) is 11.7 Å². The third-order valence-electron chi connectivity index (χ3n) is 4.24. The second-order valence-electron chi connectivity index (χ2n) is 6.45. The molecule has 1 saturated carbocycles. The monoisotopic (exact) mass is 333 g/mol. The molecule has 0 spiro atoms. The molecule has 0 saturated heterocycles. The highest BCUT2D eigenvalue weighted by molar-refractivity contribution is 5.79. The Kier molecular flexibility index (Phi) is 7.89. The quantitative estimate of drug-likeness (QED) is 0.595. The highest BCUT2D eigenvalue weighted by atomic mass is 16.5. The summed E-state index contributed by atoms with van der Waals surface area (Å²) in [7, 11) is 3.48. The van der Waals surface area contributed by atoms with Gasteiger partial charge < -0.3 is 20.1 Å². The van der Waals surface area contributed by atoms with Gasteiger partial charge in [-0.2, -0.15) is 0 Å². The van der Waals surface area contributed by atoms with Crippen molar-refractivity contribution in [2.75, 3.05) is 20.8 Å². The molecule has 2 N–H and O–H groups in total. The summed E-state index contributed by atoms with van der Waals surface area (Å²) in [6, 6.07) is 8.53. The number of ether oxygens (including phenoxy) is 2. The topological polar surface area (TPSA) is 54.9 Å². The van der Waals surface area contributed by atoms with Crippen LogP contribution in [0.4, 0.5) is 0 Å². The van der Waals surface area contributed by atoms with Crippen molar-refractivity contribution >= 4 is 5.96 Å². The lowest BCUT2D eigenvalue weighted by atomic mass is 9.98. The Morgan fingerprint density at radius 1 is 1.29 bits per heavy atom. The van der Waals surface area contributed by atoms with Crippen LogP contribution in [0, 0.1) is 0 Å². The van der Waals surface area contributed by atoms with E-state index in [-0.39, 0.29) is 6.04 Å². The largest absolute Gasteiger partial charge is 0.490 e. The van der Waals surface area contributed by atoms with Gasteiger partial charge in [0.2, 0.25) is 0 Å². The first-order chi connectivity index (χ1) is 11.7. The van der Waals surface area contributed by atoms with Crippen LogP contribution in [0.15, 0.2) is 29.3 Å². The summed E-state index contributed by atoms with van der Waals surface area (Å²) >= 11 is 0. The fraction of sp³-hybridized carbons (Fsp3) is 0.632. The highest BCUT2D eigenvalue weighted by Gasteiger charge is 2.14. The average molecular weight is 333 g/mol. The summed E-state index contributed by atoms with van der Waals surface area (Å²) in [5.41, 5.74) is 1.19. The Morgan fingerprint density at radius 2 is 2.08 bits per heavy atom. The van der Waals surface area contributed by atoms with Crippen LogP contribution < -0.4 is 15.4 Å². The van der Waals surface area contributed by atoms with Crippen molar-refractivity contribution in [1.82, 2.24) is 10.6 Å². The molecule has 134 valence electrons. The standard InChI is InChI=1S/C19H31N3O2/c1-15(14-23-3)22-19(20-2)21-13-16-8-7-11-18(12-16)24-17-9-5-4-6-10-17/h7-8,11-12,15,17H,4-6,9-10,13-14H2,1-3H3,(H2,20,21,22). The maximum absolute atomic E-state index is 6.14. The zero-order valence-electron chi connectivity index (χ0n) is 15.2. The van der Waals surface area contributed by atoms with Gasteiger partial charge in [0.05, 0.1) is 12.7 Å². The zero-order chi connectivity index (χ0) is 17.2. The van der Waals surface area contributed by atoms with Crippen molar-refractivity contribution < 1.29 is 9.47 Å². The predicted octanol–water partition coefficient (Wildman–Crippen LogP) is 3.10. The first kappa shape index (κ1) is 18.6. The van der Waals surface area contributed by atoms with E-state index in [2.05, 4.69) is 40.7 Å². The van der Waals surface area contributed by atoms with Gasteiger partial charge in [-0.05, 0) is 50.3 Å². The first-order valence-electron chi connectivity index (χ1n) is 8.93. The SMILES string of the molecule is CN=C(NCc1cccc(OC2CCCCC2)c1)NC(C)COC. The van der Waals surface area contributed by atoms with Crippen LogP contribution in [0.1, 0.15) is 44.6 Å². The van der Waals surface area contributed by atoms with Gasteiger partial charge in [0.15, 0.2) is 5.96 Å². The first-order valence-corrected chi connectivity index (χ1v) is 8.93. The smallest absolute Gasteiger partial charge is 0.191 e. The number of nitrogens with one attached hydrogen (secondary N) is 2. The molecule has 0 amide bonds. The van der Waals surface area contributed by atoms with Crippen molar-refractivity contribution in [2.24, 2.45) is 4.99 Å². The Morgan fingerprint density at radius 3 is 2.79 bits per heavy atom. The lowest BCUT2D eigenvalue weighted by molar-refractivity contribution is 0.155. The number of rotatable bonds is 7. The molecule has 1 aromatic rings. The number of benzene rings is 1. The fourth-order valence-electron chi connectivity index (χ4n) is 3.01. The van der Waals surface area contributed by atoms with Crippen molar-refractivity contribution in [3.63, 3.8) is 0 Å². The molecule has 1 aliphatic carbocycles. The Balaban J connectivity index is 1.84. The third-order valence-corrected chi connectivity index (χ3v) is 4.24. The molecule has 1 aliphatic rings. The number of hydrogen-bond donors (Lipinski definition) is 2. The molecule has 1 unspecified atom stereocenters. The van der Waals surface area contributed by atoms with Crippen LogP contribution in [0.3, 0.4) is 0 Å². The van der Waals surface area contributed by atoms with Crippen LogP contribution in [0.25, 0.3) is 0 Å². The van der Waals surface area contributed by atoms with E-state index in [1.54, 1.807) is 14.2 Å². The minimum atomic E-state index is 0.210. The normalized spacial score (nSPS) is 17.4. The van der Waals surface area contributed by atoms with Gasteiger partial charge in [-0.25, -0.2) is 0 Å². The van der Waals surface area contributed by atoms with E-state index in [0.29, 0.717) is 19.3 Å². The summed E-state index contributed by atoms with van der Waals surface area (Å²) in [6.45, 7) is 3.42. The van der Waals surface area contributed by atoms with Crippen molar-refractivity contribution in [3.05, 3.63) is 29.8 Å². The van der Waals surface area contributed by atoms with Gasteiger partial charge >= 0.3 is 0 Å². The molecule has 1 fully saturated rings. The van der Waals surface area contributed by atoms with E-state index < -0.39 is 0 Å². The fourth-order valence-corrected chi connectivity index (χ4v) is 3.01. The Hall–Kier alpha value is -1.75. The second kappa shape index (κ2) is 10.2. The van der Waals surface area contributed by atoms with E-state index in [9.17, 15) is 0 Å². The molecular weight excluding hydrogens is 302 g/mol. The molecular formula is C19H31N3O2. The zero-order valence-corrected chi connectivity index (χ0v) is 15.2. The van der Waals surface area contributed by atoms with E-state index >= 15 is 0 Å². The Bertz CT molecular complexity index is 513. The van der Waals surface area contributed by atoms with Crippen LogP contribution in [0.5, 0.6) is 5.75 Å². The summed E-state index contributed by atoms with van der Waals surface area (Å²) in [4.78, 5) is 4.25. The molecule has 2 rings (SSSR count). The molecule has 0 aromatic heterocycles. The molecule has 1 aromatic carbocycles. The van der Waals surface area contributed by atoms with E-state index in [1.165, 1.54) is 37.7 Å². The van der Waals surface area contributed by atoms with Crippen molar-refractivity contribution in [3.8, 4) is 5.75 Å². The molecule has 0 heterocycles. The molecule has 5 heteroatoms. The summed E-state index contributed by atoms with van der Waals surface area (Å²) < 4.78 is 11.3. The maximum atomic E-state index is 6.14. The number of methoxy groups -OCH3 is 1. The molecule has 0 bridgehead atoms. The van der Waals surface area contributed by atoms with Crippen LogP contribution in [0.2, 0.25) is 0 Å². The maximum Gasteiger partial charge on any atom is 0.191 e. The van der Waals surface area contributed by atoms with Gasteiger partial charge in [-0.3, -0.25) is 4.99 Å². The van der Waals surface area contributed by atoms with E-state index in [1.807, 2.05) is 6.07 Å². The van der Waals surface area contributed by atoms with E-state index in [4.69, 9.17) is 9.47 Å². The average Bonchev–Trinajstić information content (AvgIpc) is 2.60. The number of guanidine groups is 1.